The van der Waals surface area contributed by atoms with E-state index in [1.165, 1.54) is 0 Å². The molecule has 1 heterocycles. The molecule has 1 rings (SSSR count). The van der Waals surface area contributed by atoms with E-state index >= 15 is 0 Å². The molecule has 1 atom stereocenters. The van der Waals surface area contributed by atoms with Crippen molar-refractivity contribution >= 4 is 0 Å². The monoisotopic (exact) mass is 210 g/mol. The highest BCUT2D eigenvalue weighted by Crippen LogP contribution is 2.12. The molecule has 0 radical (unpaired) electrons. The van der Waals surface area contributed by atoms with Crippen molar-refractivity contribution < 1.29 is 9.47 Å². The van der Waals surface area contributed by atoms with Crippen molar-refractivity contribution in [2.45, 2.75) is 19.9 Å². The highest BCUT2D eigenvalue weighted by molar-refractivity contribution is 5.19. The summed E-state index contributed by atoms with van der Waals surface area (Å²) < 4.78 is 10.5. The van der Waals surface area contributed by atoms with Gasteiger partial charge in [0, 0.05) is 24.9 Å². The first-order chi connectivity index (χ1) is 7.24. The molecule has 0 unspecified atom stereocenters. The maximum absolute atomic E-state index is 5.70. The van der Waals surface area contributed by atoms with E-state index in [1.807, 2.05) is 26.0 Å². The number of nitrogens with zero attached hydrogens (tertiary/aromatic N) is 1. The molecule has 0 saturated heterocycles. The zero-order valence-corrected chi connectivity index (χ0v) is 9.27. The molecule has 1 aromatic rings. The third kappa shape index (κ3) is 4.27. The second-order valence-corrected chi connectivity index (χ2v) is 3.26. The molecule has 2 N–H and O–H groups in total. The van der Waals surface area contributed by atoms with Crippen LogP contribution in [0.2, 0.25) is 0 Å². The van der Waals surface area contributed by atoms with Crippen molar-refractivity contribution in [3.05, 3.63) is 23.9 Å². The van der Waals surface area contributed by atoms with Gasteiger partial charge in [0.1, 0.15) is 6.61 Å². The van der Waals surface area contributed by atoms with Gasteiger partial charge in [0.25, 0.3) is 0 Å². The molecule has 0 aromatic carbocycles. The Bertz CT molecular complexity index is 272. The number of ether oxygens (including phenoxy) is 2. The van der Waals surface area contributed by atoms with E-state index in [0.717, 1.165) is 5.56 Å². The van der Waals surface area contributed by atoms with Crippen LogP contribution in [-0.2, 0) is 4.74 Å². The summed E-state index contributed by atoms with van der Waals surface area (Å²) in [4.78, 5) is 4.14. The fourth-order valence-electron chi connectivity index (χ4n) is 1.10. The fourth-order valence-corrected chi connectivity index (χ4v) is 1.10. The van der Waals surface area contributed by atoms with Crippen LogP contribution in [0.5, 0.6) is 5.88 Å². The summed E-state index contributed by atoms with van der Waals surface area (Å²) in [5.41, 5.74) is 6.71. The summed E-state index contributed by atoms with van der Waals surface area (Å²) in [5.74, 6) is 0.610. The predicted octanol–water partition coefficient (Wildman–Crippen LogP) is 1.52. The van der Waals surface area contributed by atoms with Gasteiger partial charge in [-0.25, -0.2) is 4.98 Å². The second-order valence-electron chi connectivity index (χ2n) is 3.26. The third-order valence-electron chi connectivity index (χ3n) is 1.97. The van der Waals surface area contributed by atoms with Crippen LogP contribution in [0.15, 0.2) is 18.3 Å². The van der Waals surface area contributed by atoms with E-state index in [0.29, 0.717) is 25.7 Å². The van der Waals surface area contributed by atoms with Gasteiger partial charge in [0.2, 0.25) is 5.88 Å². The molecule has 0 amide bonds. The molecule has 4 heteroatoms. The van der Waals surface area contributed by atoms with Gasteiger partial charge in [-0.15, -0.1) is 0 Å². The summed E-state index contributed by atoms with van der Waals surface area (Å²) in [7, 11) is 0. The minimum Gasteiger partial charge on any atom is -0.475 e. The summed E-state index contributed by atoms with van der Waals surface area (Å²) in [6, 6.07) is 3.76. The van der Waals surface area contributed by atoms with Crippen LogP contribution in [0, 0.1) is 0 Å². The van der Waals surface area contributed by atoms with Crippen LogP contribution in [0.25, 0.3) is 0 Å². The van der Waals surface area contributed by atoms with Gasteiger partial charge in [-0.1, -0.05) is 6.07 Å². The minimum absolute atomic E-state index is 0.00924. The van der Waals surface area contributed by atoms with Crippen LogP contribution < -0.4 is 10.5 Å². The van der Waals surface area contributed by atoms with E-state index in [-0.39, 0.29) is 6.04 Å². The van der Waals surface area contributed by atoms with Gasteiger partial charge in [-0.3, -0.25) is 0 Å². The van der Waals surface area contributed by atoms with Crippen molar-refractivity contribution in [3.8, 4) is 5.88 Å². The lowest BCUT2D eigenvalue weighted by atomic mass is 10.2. The van der Waals surface area contributed by atoms with Crippen LogP contribution in [0.4, 0.5) is 0 Å². The Hall–Kier alpha value is -1.13. The summed E-state index contributed by atoms with van der Waals surface area (Å²) >= 11 is 0. The van der Waals surface area contributed by atoms with Gasteiger partial charge in [0.05, 0.1) is 6.61 Å². The van der Waals surface area contributed by atoms with Crippen molar-refractivity contribution in [1.82, 2.24) is 4.98 Å². The average Bonchev–Trinajstić information content (AvgIpc) is 2.25. The molecule has 15 heavy (non-hydrogen) atoms. The standard InChI is InChI=1S/C11H18N2O2/c1-3-14-6-7-15-11-5-4-10(8-13-11)9(2)12/h4-5,8-9H,3,6-7,12H2,1-2H3/t9-/m1/s1. The molecule has 0 saturated carbocycles. The van der Waals surface area contributed by atoms with Gasteiger partial charge >= 0.3 is 0 Å². The lowest BCUT2D eigenvalue weighted by Gasteiger charge is -2.07. The molecule has 0 aliphatic heterocycles. The van der Waals surface area contributed by atoms with E-state index in [9.17, 15) is 0 Å². The molecule has 0 spiro atoms. The van der Waals surface area contributed by atoms with E-state index < -0.39 is 0 Å². The first-order valence-electron chi connectivity index (χ1n) is 5.16. The van der Waals surface area contributed by atoms with Crippen molar-refractivity contribution in [2.75, 3.05) is 19.8 Å². The maximum Gasteiger partial charge on any atom is 0.213 e. The fraction of sp³-hybridized carbons (Fsp3) is 0.545. The van der Waals surface area contributed by atoms with Gasteiger partial charge < -0.3 is 15.2 Å². The number of nitrogens with two attached hydrogens (primary N) is 1. The first-order valence-corrected chi connectivity index (χ1v) is 5.16. The molecule has 0 aliphatic rings. The smallest absolute Gasteiger partial charge is 0.213 e. The molecular formula is C11H18N2O2. The van der Waals surface area contributed by atoms with Crippen molar-refractivity contribution in [1.29, 1.82) is 0 Å². The second kappa shape index (κ2) is 6.37. The van der Waals surface area contributed by atoms with Crippen LogP contribution in [0.3, 0.4) is 0 Å². The lowest BCUT2D eigenvalue weighted by molar-refractivity contribution is 0.108. The maximum atomic E-state index is 5.70. The van der Waals surface area contributed by atoms with Crippen LogP contribution in [0.1, 0.15) is 25.5 Å². The molecule has 0 fully saturated rings. The Labute approximate surface area is 90.4 Å². The molecule has 84 valence electrons. The SMILES string of the molecule is CCOCCOc1ccc([C@@H](C)N)cn1. The number of pyridine rings is 1. The third-order valence-corrected chi connectivity index (χ3v) is 1.97. The Morgan fingerprint density at radius 1 is 1.40 bits per heavy atom. The summed E-state index contributed by atoms with van der Waals surface area (Å²) in [6.45, 7) is 5.70. The highest BCUT2D eigenvalue weighted by Gasteiger charge is 2.00. The molecular weight excluding hydrogens is 192 g/mol. The quantitative estimate of drug-likeness (QED) is 0.723. The zero-order chi connectivity index (χ0) is 11.1. The first kappa shape index (κ1) is 11.9. The van der Waals surface area contributed by atoms with Gasteiger partial charge in [0.15, 0.2) is 0 Å². The van der Waals surface area contributed by atoms with Crippen molar-refractivity contribution in [3.63, 3.8) is 0 Å². The molecule has 1 aromatic heterocycles. The largest absolute Gasteiger partial charge is 0.475 e. The Morgan fingerprint density at radius 2 is 2.20 bits per heavy atom. The Balaban J connectivity index is 2.36. The number of hydrogen-bond acceptors (Lipinski definition) is 4. The minimum atomic E-state index is 0.00924. The molecule has 4 nitrogen and oxygen atoms in total. The summed E-state index contributed by atoms with van der Waals surface area (Å²) in [5, 5.41) is 0. The van der Waals surface area contributed by atoms with Gasteiger partial charge in [-0.05, 0) is 19.4 Å². The van der Waals surface area contributed by atoms with E-state index in [4.69, 9.17) is 15.2 Å². The van der Waals surface area contributed by atoms with Crippen LogP contribution in [-0.4, -0.2) is 24.8 Å². The Kier molecular flexibility index (Phi) is 5.07. The molecule has 0 aliphatic carbocycles. The number of aromatic nitrogens is 1. The Morgan fingerprint density at radius 3 is 2.73 bits per heavy atom. The zero-order valence-electron chi connectivity index (χ0n) is 9.27. The lowest BCUT2D eigenvalue weighted by Crippen LogP contribution is -2.08. The topological polar surface area (TPSA) is 57.4 Å². The number of rotatable bonds is 6. The van der Waals surface area contributed by atoms with Crippen molar-refractivity contribution in [2.24, 2.45) is 5.73 Å². The highest BCUT2D eigenvalue weighted by atomic mass is 16.5. The predicted molar refractivity (Wildman–Crippen MR) is 58.8 cm³/mol. The van der Waals surface area contributed by atoms with E-state index in [1.54, 1.807) is 6.20 Å². The molecule has 0 bridgehead atoms. The van der Waals surface area contributed by atoms with Crippen LogP contribution >= 0.6 is 0 Å². The van der Waals surface area contributed by atoms with E-state index in [2.05, 4.69) is 4.98 Å². The normalized spacial score (nSPS) is 12.5. The number of hydrogen-bond donors (Lipinski definition) is 1. The van der Waals surface area contributed by atoms with Gasteiger partial charge in [-0.2, -0.15) is 0 Å². The summed E-state index contributed by atoms with van der Waals surface area (Å²) in [6.07, 6.45) is 1.74. The average molecular weight is 210 g/mol.